The molecule has 1 aromatic heterocycles. The molecule has 0 saturated carbocycles. The van der Waals surface area contributed by atoms with Crippen LogP contribution in [0.5, 0.6) is 0 Å². The summed E-state index contributed by atoms with van der Waals surface area (Å²) in [6, 6.07) is 0. The van der Waals surface area contributed by atoms with Gasteiger partial charge in [-0.05, 0) is 10.6 Å². The molecule has 12 nitrogen and oxygen atoms in total. The fourth-order valence-electron chi connectivity index (χ4n) is 2.94. The molecule has 3 N–H and O–H groups in total. The number of azide groups is 1. The van der Waals surface area contributed by atoms with Crippen LogP contribution in [-0.4, -0.2) is 65.3 Å². The van der Waals surface area contributed by atoms with Gasteiger partial charge in [0.25, 0.3) is 0 Å². The molecule has 0 aromatic carbocycles. The zero-order valence-electron chi connectivity index (χ0n) is 12.1. The molecule has 2 saturated heterocycles. The molecule has 4 rings (SSSR count). The van der Waals surface area contributed by atoms with E-state index in [0.717, 1.165) is 0 Å². The SMILES string of the molecule is [B][P+]1(O)OCC2OC(N3CNc4c(N=[N+]=[N-])ncnc43)C(O)[C@@H]2O1. The molecule has 3 aliphatic heterocycles. The van der Waals surface area contributed by atoms with Crippen molar-refractivity contribution < 1.29 is 23.8 Å². The average Bonchev–Trinajstić information content (AvgIpc) is 3.10. The summed E-state index contributed by atoms with van der Waals surface area (Å²) in [5, 5.41) is 17.0. The Labute approximate surface area is 137 Å². The van der Waals surface area contributed by atoms with E-state index in [0.29, 0.717) is 11.5 Å². The van der Waals surface area contributed by atoms with E-state index in [1.807, 2.05) is 0 Å². The number of hydrogen-bond donors (Lipinski definition) is 3. The lowest BCUT2D eigenvalue weighted by molar-refractivity contribution is -0.0440. The van der Waals surface area contributed by atoms with Crippen LogP contribution in [0, 0.1) is 0 Å². The third-order valence-corrected chi connectivity index (χ3v) is 5.02. The largest absolute Gasteiger partial charge is 0.488 e. The molecule has 0 amide bonds. The van der Waals surface area contributed by atoms with Crippen molar-refractivity contribution in [3.05, 3.63) is 16.8 Å². The fraction of sp³-hybridized carbons (Fsp3) is 0.600. The van der Waals surface area contributed by atoms with Gasteiger partial charge in [-0.2, -0.15) is 9.05 Å². The van der Waals surface area contributed by atoms with Crippen LogP contribution >= 0.6 is 7.82 Å². The highest BCUT2D eigenvalue weighted by Crippen LogP contribution is 2.58. The number of fused-ring (bicyclic) bond motifs is 2. The van der Waals surface area contributed by atoms with Gasteiger partial charge in [-0.1, -0.05) is 0 Å². The van der Waals surface area contributed by atoms with Gasteiger partial charge in [-0.15, -0.1) is 0 Å². The third-order valence-electron chi connectivity index (χ3n) is 3.96. The molecule has 24 heavy (non-hydrogen) atoms. The number of aromatic nitrogens is 2. The van der Waals surface area contributed by atoms with Gasteiger partial charge in [-0.25, -0.2) is 14.9 Å². The van der Waals surface area contributed by atoms with Crippen molar-refractivity contribution in [2.75, 3.05) is 23.5 Å². The van der Waals surface area contributed by atoms with E-state index in [1.54, 1.807) is 4.90 Å². The number of hydrogen-bond acceptors (Lipinski definition) is 10. The van der Waals surface area contributed by atoms with Crippen molar-refractivity contribution in [1.29, 1.82) is 0 Å². The number of rotatable bonds is 2. The van der Waals surface area contributed by atoms with Crippen LogP contribution in [0.4, 0.5) is 17.3 Å². The van der Waals surface area contributed by atoms with Crippen molar-refractivity contribution in [1.82, 2.24) is 9.97 Å². The maximum Gasteiger partial charge on any atom is 0.488 e. The number of ether oxygens (including phenoxy) is 1. The first-order valence-electron chi connectivity index (χ1n) is 6.97. The zero-order valence-corrected chi connectivity index (χ0v) is 13.0. The second-order valence-corrected chi connectivity index (χ2v) is 6.97. The minimum Gasteiger partial charge on any atom is -0.385 e. The Hall–Kier alpha value is -1.72. The first kappa shape index (κ1) is 15.8. The predicted molar refractivity (Wildman–Crippen MR) is 82.2 cm³/mol. The van der Waals surface area contributed by atoms with Gasteiger partial charge in [0.1, 0.15) is 30.8 Å². The van der Waals surface area contributed by atoms with Gasteiger partial charge in [0.05, 0.1) is 6.67 Å². The Morgan fingerprint density at radius 3 is 3.17 bits per heavy atom. The molecule has 0 spiro atoms. The van der Waals surface area contributed by atoms with Gasteiger partial charge < -0.3 is 20.1 Å². The van der Waals surface area contributed by atoms with E-state index in [4.69, 9.17) is 26.9 Å². The standard InChI is InChI=1S/C10H12BN7O5P/c11-24(20)21-1-4-7(23-24)6(19)10(22-4)18-3-15-5-8(16-17-12)13-2-14-9(5)18/h2,4,6-7,10,15,19-20H,1,3H2/q+1/t4?,6?,7-,10?,24?/m1/s1. The van der Waals surface area contributed by atoms with Crippen LogP contribution in [0.15, 0.2) is 11.4 Å². The first-order valence-corrected chi connectivity index (χ1v) is 8.62. The van der Waals surface area contributed by atoms with E-state index >= 15 is 0 Å². The summed E-state index contributed by atoms with van der Waals surface area (Å²) in [5.41, 5.74) is 9.03. The van der Waals surface area contributed by atoms with E-state index in [9.17, 15) is 10.00 Å². The van der Waals surface area contributed by atoms with Gasteiger partial charge >= 0.3 is 15.4 Å². The molecular formula is C10H12BN7O5P+. The van der Waals surface area contributed by atoms with Gasteiger partial charge in [0, 0.05) is 4.91 Å². The number of aliphatic hydroxyl groups is 1. The van der Waals surface area contributed by atoms with Crippen LogP contribution in [0.3, 0.4) is 0 Å². The second-order valence-electron chi connectivity index (χ2n) is 5.38. The minimum atomic E-state index is -3.44. The van der Waals surface area contributed by atoms with Gasteiger partial charge in [0.2, 0.25) is 0 Å². The van der Waals surface area contributed by atoms with Gasteiger partial charge in [-0.3, -0.25) is 0 Å². The average molecular weight is 352 g/mol. The maximum absolute atomic E-state index is 10.5. The molecular weight excluding hydrogens is 340 g/mol. The monoisotopic (exact) mass is 352 g/mol. The summed E-state index contributed by atoms with van der Waals surface area (Å²) in [6.45, 7) is 0.271. The topological polar surface area (TPSA) is 158 Å². The van der Waals surface area contributed by atoms with E-state index in [2.05, 4.69) is 25.3 Å². The number of nitrogens with zero attached hydrogens (tertiary/aromatic N) is 6. The highest BCUT2D eigenvalue weighted by molar-refractivity contribution is 7.85. The highest BCUT2D eigenvalue weighted by Gasteiger charge is 2.58. The Bertz CT molecular complexity index is 719. The molecule has 4 unspecified atom stereocenters. The molecule has 5 atom stereocenters. The molecule has 4 heterocycles. The lowest BCUT2D eigenvalue weighted by Gasteiger charge is -2.28. The molecule has 2 radical (unpaired) electrons. The molecule has 0 aliphatic carbocycles. The normalized spacial score (nSPS) is 37.3. The first-order chi connectivity index (χ1) is 11.5. The van der Waals surface area contributed by atoms with Crippen molar-refractivity contribution >= 4 is 32.7 Å². The van der Waals surface area contributed by atoms with Crippen LogP contribution < -0.4 is 10.2 Å². The Morgan fingerprint density at radius 1 is 1.54 bits per heavy atom. The van der Waals surface area contributed by atoms with Crippen molar-refractivity contribution in [3.63, 3.8) is 0 Å². The maximum atomic E-state index is 10.5. The fourth-order valence-corrected chi connectivity index (χ4v) is 3.97. The molecule has 2 fully saturated rings. The van der Waals surface area contributed by atoms with E-state index < -0.39 is 32.4 Å². The predicted octanol–water partition coefficient (Wildman–Crippen LogP) is -0.0526. The summed E-state index contributed by atoms with van der Waals surface area (Å²) in [6.07, 6.45) is -2.02. The number of anilines is 2. The van der Waals surface area contributed by atoms with Crippen LogP contribution in [0.1, 0.15) is 0 Å². The minimum absolute atomic E-state index is 0.0148. The summed E-state index contributed by atoms with van der Waals surface area (Å²) in [5.74, 6) is 0.575. The summed E-state index contributed by atoms with van der Waals surface area (Å²) in [7, 11) is 2.05. The summed E-state index contributed by atoms with van der Waals surface area (Å²) < 4.78 is 16.1. The number of nitrogens with one attached hydrogen (secondary N) is 1. The number of aliphatic hydroxyl groups excluding tert-OH is 1. The van der Waals surface area contributed by atoms with Crippen LogP contribution in [0.2, 0.25) is 0 Å². The lowest BCUT2D eigenvalue weighted by atomic mass is 10.1. The van der Waals surface area contributed by atoms with Crippen molar-refractivity contribution in [2.45, 2.75) is 24.5 Å². The van der Waals surface area contributed by atoms with Gasteiger partial charge in [0.15, 0.2) is 24.0 Å². The zero-order chi connectivity index (χ0) is 16.9. The Morgan fingerprint density at radius 2 is 2.38 bits per heavy atom. The molecule has 124 valence electrons. The van der Waals surface area contributed by atoms with Crippen LogP contribution in [0.25, 0.3) is 10.4 Å². The Balaban J connectivity index is 1.61. The second kappa shape index (κ2) is 5.68. The third kappa shape index (κ3) is 2.47. The molecule has 0 bridgehead atoms. The lowest BCUT2D eigenvalue weighted by Crippen LogP contribution is -2.45. The molecule has 1 aromatic rings. The van der Waals surface area contributed by atoms with Crippen molar-refractivity contribution in [3.8, 4) is 0 Å². The Kier molecular flexibility index (Phi) is 3.73. The quantitative estimate of drug-likeness (QED) is 0.218. The van der Waals surface area contributed by atoms with Crippen molar-refractivity contribution in [2.24, 2.45) is 5.11 Å². The molecule has 14 heteroatoms. The smallest absolute Gasteiger partial charge is 0.385 e. The summed E-state index contributed by atoms with van der Waals surface area (Å²) >= 11 is 0. The highest BCUT2D eigenvalue weighted by atomic mass is 31.2. The molecule has 3 aliphatic rings. The van der Waals surface area contributed by atoms with E-state index in [1.165, 1.54) is 6.33 Å². The van der Waals surface area contributed by atoms with E-state index in [-0.39, 0.29) is 19.1 Å². The van der Waals surface area contributed by atoms with Crippen LogP contribution in [-0.2, 0) is 13.8 Å². The summed E-state index contributed by atoms with van der Waals surface area (Å²) in [4.78, 5) is 22.1.